The second-order valence-corrected chi connectivity index (χ2v) is 8.68. The van der Waals surface area contributed by atoms with Crippen LogP contribution < -0.4 is 11.1 Å². The van der Waals surface area contributed by atoms with Gasteiger partial charge in [-0.1, -0.05) is 26.0 Å². The van der Waals surface area contributed by atoms with Gasteiger partial charge in [-0.3, -0.25) is 4.99 Å². The van der Waals surface area contributed by atoms with Crippen molar-refractivity contribution in [2.45, 2.75) is 38.4 Å². The van der Waals surface area contributed by atoms with Gasteiger partial charge in [-0.05, 0) is 42.4 Å². The van der Waals surface area contributed by atoms with E-state index in [2.05, 4.69) is 24.2 Å². The van der Waals surface area contributed by atoms with Crippen LogP contribution in [0.2, 0.25) is 0 Å². The van der Waals surface area contributed by atoms with Gasteiger partial charge in [0.25, 0.3) is 10.0 Å². The molecule has 0 atom stereocenters. The highest BCUT2D eigenvalue weighted by Crippen LogP contribution is 2.23. The summed E-state index contributed by atoms with van der Waals surface area (Å²) in [5.41, 5.74) is 7.97. The van der Waals surface area contributed by atoms with Crippen molar-refractivity contribution in [1.29, 1.82) is 0 Å². The molecule has 0 saturated carbocycles. The van der Waals surface area contributed by atoms with Gasteiger partial charge in [0.05, 0.1) is 0 Å². The summed E-state index contributed by atoms with van der Waals surface area (Å²) < 4.78 is 48.9. The summed E-state index contributed by atoms with van der Waals surface area (Å²) in [7, 11) is -4.48. The topological polar surface area (TPSA) is 87.8 Å². The Labute approximate surface area is 153 Å². The Morgan fingerprint density at radius 3 is 2.58 bits per heavy atom. The predicted octanol–water partition coefficient (Wildman–Crippen LogP) is 2.80. The molecule has 146 valence electrons. The summed E-state index contributed by atoms with van der Waals surface area (Å²) in [6.07, 6.45) is 0.983. The van der Waals surface area contributed by atoms with E-state index in [1.165, 1.54) is 5.56 Å². The van der Waals surface area contributed by atoms with Gasteiger partial charge in [0, 0.05) is 25.3 Å². The summed E-state index contributed by atoms with van der Waals surface area (Å²) in [6.45, 7) is 4.84. The van der Waals surface area contributed by atoms with Crippen molar-refractivity contribution in [3.63, 3.8) is 0 Å². The standard InChI is InChI=1S/C17H26F2N4O2S/c1-12(2)14-4-3-5-15(10-14)22-17(20)21-11-13-6-8-23(9-7-13)26(24,25)16(18)19/h3-5,10,12-13,16H,6-9,11H2,1-2H3,(H3,20,21,22). The Morgan fingerprint density at radius 1 is 1.35 bits per heavy atom. The van der Waals surface area contributed by atoms with Crippen molar-refractivity contribution in [3.8, 4) is 0 Å². The Hall–Kier alpha value is -1.74. The summed E-state index contributed by atoms with van der Waals surface area (Å²) in [5, 5.41) is 3.05. The molecule has 6 nitrogen and oxygen atoms in total. The number of anilines is 1. The molecule has 26 heavy (non-hydrogen) atoms. The number of rotatable bonds is 6. The number of sulfonamides is 1. The number of hydrogen-bond donors (Lipinski definition) is 2. The minimum atomic E-state index is -4.48. The Balaban J connectivity index is 1.86. The van der Waals surface area contributed by atoms with Gasteiger partial charge in [-0.2, -0.15) is 13.1 Å². The van der Waals surface area contributed by atoms with E-state index in [9.17, 15) is 17.2 Å². The minimum absolute atomic E-state index is 0.0939. The molecule has 1 aliphatic heterocycles. The zero-order valence-corrected chi connectivity index (χ0v) is 15.8. The molecule has 0 amide bonds. The number of guanidine groups is 1. The van der Waals surface area contributed by atoms with Gasteiger partial charge in [0.2, 0.25) is 0 Å². The van der Waals surface area contributed by atoms with Gasteiger partial charge in [0.1, 0.15) is 0 Å². The van der Waals surface area contributed by atoms with Crippen LogP contribution in [0.5, 0.6) is 0 Å². The zero-order chi connectivity index (χ0) is 19.3. The molecule has 0 unspecified atom stereocenters. The lowest BCUT2D eigenvalue weighted by Crippen LogP contribution is -2.41. The number of halogens is 2. The smallest absolute Gasteiger partial charge is 0.350 e. The predicted molar refractivity (Wildman–Crippen MR) is 99.9 cm³/mol. The number of nitrogens with one attached hydrogen (secondary N) is 1. The van der Waals surface area contributed by atoms with Gasteiger partial charge in [-0.25, -0.2) is 8.42 Å². The van der Waals surface area contributed by atoms with Crippen LogP contribution in [0.25, 0.3) is 0 Å². The first-order valence-electron chi connectivity index (χ1n) is 8.64. The van der Waals surface area contributed by atoms with Crippen LogP contribution in [0.15, 0.2) is 29.3 Å². The van der Waals surface area contributed by atoms with E-state index in [4.69, 9.17) is 5.73 Å². The van der Waals surface area contributed by atoms with Crippen molar-refractivity contribution in [2.75, 3.05) is 25.0 Å². The fraction of sp³-hybridized carbons (Fsp3) is 0.588. The highest BCUT2D eigenvalue weighted by atomic mass is 32.2. The lowest BCUT2D eigenvalue weighted by atomic mass is 9.98. The number of nitrogens with zero attached hydrogens (tertiary/aromatic N) is 2. The molecule has 1 aromatic carbocycles. The second-order valence-electron chi connectivity index (χ2n) is 6.78. The largest absolute Gasteiger partial charge is 0.370 e. The molecule has 0 spiro atoms. The van der Waals surface area contributed by atoms with Crippen molar-refractivity contribution in [2.24, 2.45) is 16.6 Å². The fourth-order valence-corrected chi connectivity index (χ4v) is 3.79. The molecule has 0 bridgehead atoms. The first kappa shape index (κ1) is 20.6. The van der Waals surface area contributed by atoms with Crippen LogP contribution in [-0.2, 0) is 10.0 Å². The minimum Gasteiger partial charge on any atom is -0.370 e. The third kappa shape index (κ3) is 5.38. The molecule has 3 N–H and O–H groups in total. The van der Waals surface area contributed by atoms with E-state index in [0.717, 1.165) is 9.99 Å². The van der Waals surface area contributed by atoms with E-state index < -0.39 is 15.8 Å². The van der Waals surface area contributed by atoms with E-state index in [1.807, 2.05) is 24.3 Å². The van der Waals surface area contributed by atoms with Crippen LogP contribution in [0.1, 0.15) is 38.2 Å². The van der Waals surface area contributed by atoms with E-state index in [-0.39, 0.29) is 25.0 Å². The molecule has 1 heterocycles. The zero-order valence-electron chi connectivity index (χ0n) is 15.0. The average molecular weight is 388 g/mol. The lowest BCUT2D eigenvalue weighted by Gasteiger charge is -2.30. The van der Waals surface area contributed by atoms with Crippen LogP contribution >= 0.6 is 0 Å². The highest BCUT2D eigenvalue weighted by Gasteiger charge is 2.34. The summed E-state index contributed by atoms with van der Waals surface area (Å²) in [6, 6.07) is 7.91. The number of piperidine rings is 1. The molecule has 1 fully saturated rings. The molecule has 0 aromatic heterocycles. The maximum atomic E-state index is 12.6. The van der Waals surface area contributed by atoms with Crippen molar-refractivity contribution < 1.29 is 17.2 Å². The normalized spacial score (nSPS) is 17.8. The van der Waals surface area contributed by atoms with Crippen LogP contribution in [0.3, 0.4) is 0 Å². The molecular weight excluding hydrogens is 362 g/mol. The van der Waals surface area contributed by atoms with Gasteiger partial charge in [0.15, 0.2) is 5.96 Å². The summed E-state index contributed by atoms with van der Waals surface area (Å²) >= 11 is 0. The Kier molecular flexibility index (Phi) is 6.94. The summed E-state index contributed by atoms with van der Waals surface area (Å²) in [4.78, 5) is 4.31. The fourth-order valence-electron chi connectivity index (χ4n) is 2.85. The van der Waals surface area contributed by atoms with Crippen LogP contribution in [0, 0.1) is 5.92 Å². The summed E-state index contributed by atoms with van der Waals surface area (Å²) in [5.74, 6) is -2.54. The molecule has 1 saturated heterocycles. The molecular formula is C17H26F2N4O2S. The maximum absolute atomic E-state index is 12.6. The van der Waals surface area contributed by atoms with Gasteiger partial charge in [-0.15, -0.1) is 0 Å². The van der Waals surface area contributed by atoms with Gasteiger partial charge >= 0.3 is 5.76 Å². The maximum Gasteiger partial charge on any atom is 0.350 e. The number of aliphatic imine (C=N–C) groups is 1. The monoisotopic (exact) mass is 388 g/mol. The number of benzene rings is 1. The van der Waals surface area contributed by atoms with Crippen molar-refractivity contribution >= 4 is 21.7 Å². The molecule has 0 radical (unpaired) electrons. The van der Waals surface area contributed by atoms with Crippen molar-refractivity contribution in [1.82, 2.24) is 4.31 Å². The molecule has 0 aliphatic carbocycles. The molecule has 9 heteroatoms. The third-order valence-electron chi connectivity index (χ3n) is 4.50. The van der Waals surface area contributed by atoms with E-state index >= 15 is 0 Å². The quantitative estimate of drug-likeness (QED) is 0.579. The second kappa shape index (κ2) is 8.77. The molecule has 1 aliphatic rings. The van der Waals surface area contributed by atoms with E-state index in [0.29, 0.717) is 25.3 Å². The first-order chi connectivity index (χ1) is 12.2. The Bertz CT molecular complexity index is 730. The number of alkyl halides is 2. The average Bonchev–Trinajstić information content (AvgIpc) is 2.60. The molecule has 2 rings (SSSR count). The Morgan fingerprint density at radius 2 is 2.00 bits per heavy atom. The lowest BCUT2D eigenvalue weighted by molar-refractivity contribution is 0.205. The number of hydrogen-bond acceptors (Lipinski definition) is 3. The van der Waals surface area contributed by atoms with Crippen LogP contribution in [-0.4, -0.2) is 44.1 Å². The van der Waals surface area contributed by atoms with E-state index in [1.54, 1.807) is 0 Å². The molecule has 1 aromatic rings. The van der Waals surface area contributed by atoms with Crippen molar-refractivity contribution in [3.05, 3.63) is 29.8 Å². The highest BCUT2D eigenvalue weighted by molar-refractivity contribution is 7.89. The van der Waals surface area contributed by atoms with Gasteiger partial charge < -0.3 is 11.1 Å². The third-order valence-corrected chi connectivity index (χ3v) is 6.04. The number of nitrogens with two attached hydrogens (primary N) is 1. The van der Waals surface area contributed by atoms with Crippen LogP contribution in [0.4, 0.5) is 14.5 Å². The first-order valence-corrected chi connectivity index (χ1v) is 10.1. The SMILES string of the molecule is CC(C)c1cccc(NC(N)=NCC2CCN(S(=O)(=O)C(F)F)CC2)c1.